The maximum atomic E-state index is 6.19. The molecule has 0 bridgehead atoms. The molecule has 0 fully saturated rings. The SMILES string of the molecule is NC(Cc1ccc(Cl)c(Cl)c1)c1cc(Br)c(Br)s1. The summed E-state index contributed by atoms with van der Waals surface area (Å²) >= 11 is 20.4. The van der Waals surface area contributed by atoms with Crippen molar-refractivity contribution in [3.8, 4) is 0 Å². The van der Waals surface area contributed by atoms with Gasteiger partial charge in [-0.2, -0.15) is 0 Å². The molecule has 18 heavy (non-hydrogen) atoms. The van der Waals surface area contributed by atoms with Gasteiger partial charge in [-0.15, -0.1) is 11.3 Å². The summed E-state index contributed by atoms with van der Waals surface area (Å²) < 4.78 is 2.09. The standard InChI is InChI=1S/C12H9Br2Cl2NS/c13-7-5-11(18-12(7)14)10(17)4-6-1-2-8(15)9(16)3-6/h1-3,5,10H,4,17H2. The summed E-state index contributed by atoms with van der Waals surface area (Å²) in [5.41, 5.74) is 7.27. The maximum Gasteiger partial charge on any atom is 0.0843 e. The highest BCUT2D eigenvalue weighted by atomic mass is 79.9. The highest BCUT2D eigenvalue weighted by Crippen LogP contribution is 2.36. The number of nitrogens with two attached hydrogens (primary N) is 1. The molecule has 0 aliphatic carbocycles. The van der Waals surface area contributed by atoms with Crippen LogP contribution in [0.1, 0.15) is 16.5 Å². The van der Waals surface area contributed by atoms with Crippen LogP contribution in [0, 0.1) is 0 Å². The predicted octanol–water partition coefficient (Wildman–Crippen LogP) is 5.82. The Morgan fingerprint density at radius 2 is 1.89 bits per heavy atom. The monoisotopic (exact) mass is 427 g/mol. The van der Waals surface area contributed by atoms with Crippen molar-refractivity contribution in [2.45, 2.75) is 12.5 Å². The van der Waals surface area contributed by atoms with Crippen LogP contribution >= 0.6 is 66.4 Å². The van der Waals surface area contributed by atoms with E-state index in [2.05, 4.69) is 31.9 Å². The van der Waals surface area contributed by atoms with Crippen LogP contribution in [0.5, 0.6) is 0 Å². The molecule has 1 aromatic heterocycles. The second kappa shape index (κ2) is 6.25. The first-order valence-electron chi connectivity index (χ1n) is 5.11. The second-order valence-electron chi connectivity index (χ2n) is 3.83. The lowest BCUT2D eigenvalue weighted by Crippen LogP contribution is -2.11. The van der Waals surface area contributed by atoms with Crippen molar-refractivity contribution in [1.29, 1.82) is 0 Å². The van der Waals surface area contributed by atoms with Crippen molar-refractivity contribution in [2.75, 3.05) is 0 Å². The third-order valence-corrected chi connectivity index (χ3v) is 6.60. The van der Waals surface area contributed by atoms with E-state index in [9.17, 15) is 0 Å². The zero-order valence-corrected chi connectivity index (χ0v) is 14.6. The lowest BCUT2D eigenvalue weighted by atomic mass is 10.1. The summed E-state index contributed by atoms with van der Waals surface area (Å²) in [6.45, 7) is 0. The van der Waals surface area contributed by atoms with Gasteiger partial charge in [0.25, 0.3) is 0 Å². The van der Waals surface area contributed by atoms with Crippen molar-refractivity contribution in [3.05, 3.63) is 53.0 Å². The summed E-state index contributed by atoms with van der Waals surface area (Å²) in [4.78, 5) is 1.12. The van der Waals surface area contributed by atoms with E-state index in [1.165, 1.54) is 0 Å². The molecule has 2 aromatic rings. The largest absolute Gasteiger partial charge is 0.323 e. The molecular weight excluding hydrogens is 421 g/mol. The Kier molecular flexibility index (Phi) is 5.14. The third kappa shape index (κ3) is 3.50. The fraction of sp³-hybridized carbons (Fsp3) is 0.167. The van der Waals surface area contributed by atoms with Gasteiger partial charge in [-0.25, -0.2) is 0 Å². The minimum atomic E-state index is -0.0464. The summed E-state index contributed by atoms with van der Waals surface area (Å²) in [7, 11) is 0. The van der Waals surface area contributed by atoms with Crippen molar-refractivity contribution in [1.82, 2.24) is 0 Å². The van der Waals surface area contributed by atoms with E-state index in [-0.39, 0.29) is 6.04 Å². The summed E-state index contributed by atoms with van der Waals surface area (Å²) in [5, 5.41) is 1.13. The normalized spacial score (nSPS) is 12.7. The molecule has 0 radical (unpaired) electrons. The lowest BCUT2D eigenvalue weighted by Gasteiger charge is -2.10. The molecular formula is C12H9Br2Cl2NS. The van der Waals surface area contributed by atoms with Gasteiger partial charge in [0, 0.05) is 15.4 Å². The molecule has 1 atom stereocenters. The van der Waals surface area contributed by atoms with Gasteiger partial charge >= 0.3 is 0 Å². The lowest BCUT2D eigenvalue weighted by molar-refractivity contribution is 0.736. The minimum absolute atomic E-state index is 0.0464. The first kappa shape index (κ1) is 14.8. The van der Waals surface area contributed by atoms with Crippen molar-refractivity contribution in [2.24, 2.45) is 5.73 Å². The molecule has 0 spiro atoms. The van der Waals surface area contributed by atoms with Gasteiger partial charge in [0.05, 0.1) is 13.8 Å². The van der Waals surface area contributed by atoms with Gasteiger partial charge in [-0.1, -0.05) is 29.3 Å². The van der Waals surface area contributed by atoms with Crippen LogP contribution in [-0.2, 0) is 6.42 Å². The van der Waals surface area contributed by atoms with Crippen LogP contribution in [0.3, 0.4) is 0 Å². The molecule has 0 saturated carbocycles. The predicted molar refractivity (Wildman–Crippen MR) is 86.8 cm³/mol. The van der Waals surface area contributed by atoms with E-state index in [4.69, 9.17) is 28.9 Å². The Bertz CT molecular complexity index is 552. The van der Waals surface area contributed by atoms with Crippen LogP contribution in [-0.4, -0.2) is 0 Å². The zero-order valence-electron chi connectivity index (χ0n) is 9.09. The Hall–Kier alpha value is 0.420. The first-order valence-corrected chi connectivity index (χ1v) is 8.27. The highest BCUT2D eigenvalue weighted by Gasteiger charge is 2.13. The number of hydrogen-bond donors (Lipinski definition) is 1. The minimum Gasteiger partial charge on any atom is -0.323 e. The summed E-state index contributed by atoms with van der Waals surface area (Å²) in [6, 6.07) is 7.60. The number of thiophene rings is 1. The second-order valence-corrected chi connectivity index (χ2v) is 7.90. The topological polar surface area (TPSA) is 26.0 Å². The number of benzene rings is 1. The van der Waals surface area contributed by atoms with E-state index in [0.717, 1.165) is 25.1 Å². The van der Waals surface area contributed by atoms with E-state index < -0.39 is 0 Å². The molecule has 0 saturated heterocycles. The number of hydrogen-bond acceptors (Lipinski definition) is 2. The van der Waals surface area contributed by atoms with Gasteiger partial charge in [0.1, 0.15) is 0 Å². The van der Waals surface area contributed by atoms with Gasteiger partial charge in [-0.05, 0) is 62.0 Å². The molecule has 1 unspecified atom stereocenters. The molecule has 1 aromatic carbocycles. The number of halogens is 4. The average Bonchev–Trinajstić information content (AvgIpc) is 2.65. The molecule has 96 valence electrons. The molecule has 6 heteroatoms. The fourth-order valence-corrected chi connectivity index (χ4v) is 3.98. The van der Waals surface area contributed by atoms with Crippen LogP contribution < -0.4 is 5.73 Å². The molecule has 0 aliphatic rings. The Balaban J connectivity index is 2.15. The van der Waals surface area contributed by atoms with Crippen molar-refractivity contribution in [3.63, 3.8) is 0 Å². The van der Waals surface area contributed by atoms with Gasteiger partial charge in [-0.3, -0.25) is 0 Å². The van der Waals surface area contributed by atoms with E-state index in [0.29, 0.717) is 10.0 Å². The van der Waals surface area contributed by atoms with E-state index >= 15 is 0 Å². The Morgan fingerprint density at radius 1 is 1.17 bits per heavy atom. The van der Waals surface area contributed by atoms with Crippen molar-refractivity contribution < 1.29 is 0 Å². The van der Waals surface area contributed by atoms with Crippen LogP contribution in [0.4, 0.5) is 0 Å². The maximum absolute atomic E-state index is 6.19. The van der Waals surface area contributed by atoms with E-state index in [1.807, 2.05) is 18.2 Å². The third-order valence-electron chi connectivity index (χ3n) is 2.47. The molecule has 1 nitrogen and oxygen atoms in total. The summed E-state index contributed by atoms with van der Waals surface area (Å²) in [6.07, 6.45) is 0.732. The zero-order chi connectivity index (χ0) is 13.3. The average molecular weight is 430 g/mol. The molecule has 2 rings (SSSR count). The van der Waals surface area contributed by atoms with Gasteiger partial charge in [0.15, 0.2) is 0 Å². The molecule has 0 aliphatic heterocycles. The van der Waals surface area contributed by atoms with Crippen LogP contribution in [0.2, 0.25) is 10.0 Å². The van der Waals surface area contributed by atoms with Crippen LogP contribution in [0.25, 0.3) is 0 Å². The Labute approximate surface area is 137 Å². The van der Waals surface area contributed by atoms with Gasteiger partial charge < -0.3 is 5.73 Å². The smallest absolute Gasteiger partial charge is 0.0843 e. The molecule has 2 N–H and O–H groups in total. The first-order chi connectivity index (χ1) is 8.47. The van der Waals surface area contributed by atoms with E-state index in [1.54, 1.807) is 17.4 Å². The quantitative estimate of drug-likeness (QED) is 0.653. The fourth-order valence-electron chi connectivity index (χ4n) is 1.57. The molecule has 1 heterocycles. The summed E-state index contributed by atoms with van der Waals surface area (Å²) in [5.74, 6) is 0. The van der Waals surface area contributed by atoms with Crippen molar-refractivity contribution >= 4 is 66.4 Å². The van der Waals surface area contributed by atoms with Gasteiger partial charge in [0.2, 0.25) is 0 Å². The Morgan fingerprint density at radius 3 is 2.44 bits per heavy atom. The van der Waals surface area contributed by atoms with Crippen LogP contribution in [0.15, 0.2) is 32.5 Å². The molecule has 0 amide bonds. The highest BCUT2D eigenvalue weighted by molar-refractivity contribution is 9.13. The number of rotatable bonds is 3.